The van der Waals surface area contributed by atoms with Gasteiger partial charge < -0.3 is 14.4 Å². The monoisotopic (exact) mass is 224 g/mol. The Morgan fingerprint density at radius 1 is 1.25 bits per heavy atom. The molecule has 0 unspecified atom stereocenters. The number of aliphatic hydroxyl groups is 1. The summed E-state index contributed by atoms with van der Waals surface area (Å²) in [6.07, 6.45) is 7.18. The van der Waals surface area contributed by atoms with Crippen LogP contribution < -0.4 is 0 Å². The van der Waals surface area contributed by atoms with Crippen molar-refractivity contribution in [3.05, 3.63) is 17.8 Å². The number of piperidine rings is 1. The number of aromatic nitrogens is 1. The van der Waals surface area contributed by atoms with E-state index in [9.17, 15) is 0 Å². The van der Waals surface area contributed by atoms with Gasteiger partial charge in [-0.2, -0.15) is 0 Å². The standard InChI is InChI=1S/C12H20N2O2/c15-9-5-11-10-13-12(16-11)4-8-14-6-2-1-3-7-14/h10,15H,1-9H2. The van der Waals surface area contributed by atoms with Crippen molar-refractivity contribution in [3.63, 3.8) is 0 Å². The average Bonchev–Trinajstić information content (AvgIpc) is 2.76. The van der Waals surface area contributed by atoms with Crippen LogP contribution in [0.5, 0.6) is 0 Å². The Balaban J connectivity index is 1.75. The molecule has 0 aromatic carbocycles. The maximum Gasteiger partial charge on any atom is 0.195 e. The molecule has 0 atom stereocenters. The Hall–Kier alpha value is -0.870. The van der Waals surface area contributed by atoms with E-state index in [1.807, 2.05) is 0 Å². The molecule has 4 nitrogen and oxygen atoms in total. The lowest BCUT2D eigenvalue weighted by atomic mass is 10.1. The van der Waals surface area contributed by atoms with E-state index in [0.29, 0.717) is 6.42 Å². The maximum atomic E-state index is 8.77. The number of likely N-dealkylation sites (tertiary alicyclic amines) is 1. The summed E-state index contributed by atoms with van der Waals surface area (Å²) in [6, 6.07) is 0. The van der Waals surface area contributed by atoms with E-state index in [1.54, 1.807) is 6.20 Å². The summed E-state index contributed by atoms with van der Waals surface area (Å²) in [6.45, 7) is 3.59. The first-order valence-corrected chi connectivity index (χ1v) is 6.15. The molecular weight excluding hydrogens is 204 g/mol. The number of oxazole rings is 1. The number of hydrogen-bond acceptors (Lipinski definition) is 4. The van der Waals surface area contributed by atoms with Gasteiger partial charge in [0.25, 0.3) is 0 Å². The molecular formula is C12H20N2O2. The van der Waals surface area contributed by atoms with Crippen LogP contribution in [0.4, 0.5) is 0 Å². The lowest BCUT2D eigenvalue weighted by Crippen LogP contribution is -2.31. The van der Waals surface area contributed by atoms with Crippen LogP contribution in [0.1, 0.15) is 30.9 Å². The second-order valence-corrected chi connectivity index (χ2v) is 4.35. The Kier molecular flexibility index (Phi) is 4.36. The minimum atomic E-state index is 0.126. The Bertz CT molecular complexity index is 306. The molecule has 0 radical (unpaired) electrons. The molecule has 0 amide bonds. The van der Waals surface area contributed by atoms with E-state index >= 15 is 0 Å². The van der Waals surface area contributed by atoms with Crippen LogP contribution in [0.15, 0.2) is 10.6 Å². The highest BCUT2D eigenvalue weighted by atomic mass is 16.4. The zero-order valence-corrected chi connectivity index (χ0v) is 9.69. The molecule has 1 fully saturated rings. The third kappa shape index (κ3) is 3.32. The number of rotatable bonds is 5. The summed E-state index contributed by atoms with van der Waals surface area (Å²) in [5, 5.41) is 8.77. The molecule has 2 rings (SSSR count). The first-order chi connectivity index (χ1) is 7.88. The minimum Gasteiger partial charge on any atom is -0.446 e. The third-order valence-electron chi connectivity index (χ3n) is 3.05. The fourth-order valence-electron chi connectivity index (χ4n) is 2.13. The van der Waals surface area contributed by atoms with E-state index in [4.69, 9.17) is 9.52 Å². The van der Waals surface area contributed by atoms with Gasteiger partial charge in [-0.3, -0.25) is 0 Å². The highest BCUT2D eigenvalue weighted by Gasteiger charge is 2.11. The Morgan fingerprint density at radius 2 is 2.06 bits per heavy atom. The highest BCUT2D eigenvalue weighted by Crippen LogP contribution is 2.10. The zero-order valence-electron chi connectivity index (χ0n) is 9.69. The van der Waals surface area contributed by atoms with Crippen LogP contribution >= 0.6 is 0 Å². The van der Waals surface area contributed by atoms with Crippen molar-refractivity contribution in [3.8, 4) is 0 Å². The molecule has 1 saturated heterocycles. The predicted octanol–water partition coefficient (Wildman–Crippen LogP) is 1.24. The normalized spacial score (nSPS) is 17.8. The van der Waals surface area contributed by atoms with Crippen molar-refractivity contribution in [1.29, 1.82) is 0 Å². The first kappa shape index (κ1) is 11.6. The van der Waals surface area contributed by atoms with E-state index in [2.05, 4.69) is 9.88 Å². The molecule has 0 saturated carbocycles. The van der Waals surface area contributed by atoms with Crippen molar-refractivity contribution in [2.24, 2.45) is 0 Å². The number of hydrogen-bond donors (Lipinski definition) is 1. The summed E-state index contributed by atoms with van der Waals surface area (Å²) in [5.41, 5.74) is 0. The van der Waals surface area contributed by atoms with Gasteiger partial charge in [-0.15, -0.1) is 0 Å². The maximum absolute atomic E-state index is 8.77. The average molecular weight is 224 g/mol. The Morgan fingerprint density at radius 3 is 2.81 bits per heavy atom. The van der Waals surface area contributed by atoms with Crippen molar-refractivity contribution >= 4 is 0 Å². The van der Waals surface area contributed by atoms with E-state index < -0.39 is 0 Å². The van der Waals surface area contributed by atoms with Gasteiger partial charge >= 0.3 is 0 Å². The van der Waals surface area contributed by atoms with Crippen molar-refractivity contribution in [2.45, 2.75) is 32.1 Å². The summed E-state index contributed by atoms with van der Waals surface area (Å²) < 4.78 is 5.52. The van der Waals surface area contributed by atoms with Crippen molar-refractivity contribution in [2.75, 3.05) is 26.2 Å². The van der Waals surface area contributed by atoms with Crippen molar-refractivity contribution < 1.29 is 9.52 Å². The SMILES string of the molecule is OCCc1cnc(CCN2CCCCC2)o1. The van der Waals surface area contributed by atoms with Gasteiger partial charge in [-0.1, -0.05) is 6.42 Å². The van der Waals surface area contributed by atoms with Gasteiger partial charge in [0.1, 0.15) is 5.76 Å². The fourth-order valence-corrected chi connectivity index (χ4v) is 2.13. The van der Waals surface area contributed by atoms with E-state index in [0.717, 1.165) is 24.6 Å². The van der Waals surface area contributed by atoms with Crippen LogP contribution in [0, 0.1) is 0 Å². The molecule has 0 aliphatic carbocycles. The van der Waals surface area contributed by atoms with Gasteiger partial charge in [0.05, 0.1) is 12.8 Å². The van der Waals surface area contributed by atoms with Gasteiger partial charge in [0.2, 0.25) is 0 Å². The number of aliphatic hydroxyl groups excluding tert-OH is 1. The molecule has 0 bridgehead atoms. The lowest BCUT2D eigenvalue weighted by Gasteiger charge is -2.25. The molecule has 0 spiro atoms. The molecule has 16 heavy (non-hydrogen) atoms. The van der Waals surface area contributed by atoms with Gasteiger partial charge in [-0.25, -0.2) is 4.98 Å². The number of nitrogens with zero attached hydrogens (tertiary/aromatic N) is 2. The summed E-state index contributed by atoms with van der Waals surface area (Å²) >= 11 is 0. The summed E-state index contributed by atoms with van der Waals surface area (Å²) in [4.78, 5) is 6.69. The van der Waals surface area contributed by atoms with Gasteiger partial charge in [0.15, 0.2) is 5.89 Å². The molecule has 1 aromatic heterocycles. The van der Waals surface area contributed by atoms with Crippen LogP contribution in [-0.2, 0) is 12.8 Å². The smallest absolute Gasteiger partial charge is 0.195 e. The molecule has 90 valence electrons. The molecule has 1 aromatic rings. The third-order valence-corrected chi connectivity index (χ3v) is 3.05. The molecule has 2 heterocycles. The van der Waals surface area contributed by atoms with Crippen LogP contribution in [0.3, 0.4) is 0 Å². The molecule has 1 aliphatic rings. The highest BCUT2D eigenvalue weighted by molar-refractivity contribution is 4.94. The van der Waals surface area contributed by atoms with Crippen molar-refractivity contribution in [1.82, 2.24) is 9.88 Å². The van der Waals surface area contributed by atoms with Crippen LogP contribution in [0.2, 0.25) is 0 Å². The Labute approximate surface area is 96.3 Å². The predicted molar refractivity (Wildman–Crippen MR) is 61.3 cm³/mol. The van der Waals surface area contributed by atoms with Gasteiger partial charge in [-0.05, 0) is 25.9 Å². The summed E-state index contributed by atoms with van der Waals surface area (Å²) in [5.74, 6) is 1.59. The zero-order chi connectivity index (χ0) is 11.2. The second kappa shape index (κ2) is 6.01. The molecule has 4 heteroatoms. The van der Waals surface area contributed by atoms with Crippen LogP contribution in [0.25, 0.3) is 0 Å². The van der Waals surface area contributed by atoms with Gasteiger partial charge in [0, 0.05) is 19.4 Å². The molecule has 1 N–H and O–H groups in total. The van der Waals surface area contributed by atoms with E-state index in [-0.39, 0.29) is 6.61 Å². The van der Waals surface area contributed by atoms with E-state index in [1.165, 1.54) is 32.4 Å². The van der Waals surface area contributed by atoms with Crippen LogP contribution in [-0.4, -0.2) is 41.2 Å². The second-order valence-electron chi connectivity index (χ2n) is 4.35. The summed E-state index contributed by atoms with van der Waals surface area (Å²) in [7, 11) is 0. The topological polar surface area (TPSA) is 49.5 Å². The quantitative estimate of drug-likeness (QED) is 0.817. The fraction of sp³-hybridized carbons (Fsp3) is 0.750. The molecule has 1 aliphatic heterocycles. The minimum absolute atomic E-state index is 0.126. The first-order valence-electron chi connectivity index (χ1n) is 6.15. The lowest BCUT2D eigenvalue weighted by molar-refractivity contribution is 0.225. The largest absolute Gasteiger partial charge is 0.446 e.